The first-order chi connectivity index (χ1) is 4.68. The minimum atomic E-state index is -0.211. The quantitative estimate of drug-likeness (QED) is 0.433. The second kappa shape index (κ2) is 11.0. The maximum atomic E-state index is 9.82. The molecule has 0 aliphatic carbocycles. The van der Waals surface area contributed by atoms with Crippen molar-refractivity contribution in [1.29, 1.82) is 0 Å². The van der Waals surface area contributed by atoms with Gasteiger partial charge in [-0.2, -0.15) is 0 Å². The number of esters is 1. The molecule has 0 aliphatic rings. The van der Waals surface area contributed by atoms with E-state index in [2.05, 4.69) is 4.74 Å². The van der Waals surface area contributed by atoms with Gasteiger partial charge in [-0.1, -0.05) is 6.92 Å². The van der Waals surface area contributed by atoms with E-state index in [0.717, 1.165) is 6.29 Å². The maximum Gasteiger partial charge on any atom is 0.302 e. The summed E-state index contributed by atoms with van der Waals surface area (Å²) in [5, 5.41) is 0. The van der Waals surface area contributed by atoms with E-state index in [4.69, 9.17) is 0 Å². The zero-order valence-electron chi connectivity index (χ0n) is 6.72. The Labute approximate surface area is 61.4 Å². The molecular formula is C7H14O3. The van der Waals surface area contributed by atoms with E-state index in [1.54, 1.807) is 6.92 Å². The van der Waals surface area contributed by atoms with Crippen LogP contribution in [0.5, 0.6) is 0 Å². The van der Waals surface area contributed by atoms with Crippen LogP contribution in [0.3, 0.4) is 0 Å². The molecule has 3 heteroatoms. The van der Waals surface area contributed by atoms with Crippen molar-refractivity contribution >= 4 is 12.3 Å². The predicted octanol–water partition coefficient (Wildman–Crippen LogP) is 1.16. The van der Waals surface area contributed by atoms with Crippen molar-refractivity contribution in [2.75, 3.05) is 6.61 Å². The number of aldehydes is 1. The topological polar surface area (TPSA) is 43.4 Å². The second-order valence-electron chi connectivity index (χ2n) is 1.50. The van der Waals surface area contributed by atoms with Gasteiger partial charge in [0.25, 0.3) is 0 Å². The molecule has 0 aromatic rings. The molecule has 0 unspecified atom stereocenters. The normalized spacial score (nSPS) is 7.10. The van der Waals surface area contributed by atoms with Gasteiger partial charge < -0.3 is 9.53 Å². The molecule has 0 aromatic carbocycles. The minimum absolute atomic E-state index is 0.211. The highest BCUT2D eigenvalue weighted by Crippen LogP contribution is 1.69. The molecule has 0 saturated carbocycles. The van der Waals surface area contributed by atoms with E-state index < -0.39 is 0 Å². The molecule has 0 spiro atoms. The van der Waals surface area contributed by atoms with Crippen LogP contribution in [0, 0.1) is 0 Å². The monoisotopic (exact) mass is 146 g/mol. The largest absolute Gasteiger partial charge is 0.466 e. The molecule has 0 aliphatic heterocycles. The molecule has 0 fully saturated rings. The summed E-state index contributed by atoms with van der Waals surface area (Å²) in [5.74, 6) is -0.211. The van der Waals surface area contributed by atoms with E-state index in [1.165, 1.54) is 6.92 Å². The minimum Gasteiger partial charge on any atom is -0.466 e. The summed E-state index contributed by atoms with van der Waals surface area (Å²) in [6.45, 7) is 5.47. The zero-order valence-corrected chi connectivity index (χ0v) is 6.72. The number of ether oxygens (including phenoxy) is 1. The van der Waals surface area contributed by atoms with Crippen molar-refractivity contribution in [2.45, 2.75) is 27.2 Å². The Kier molecular flexibility index (Phi) is 13.1. The summed E-state index contributed by atoms with van der Waals surface area (Å²) in [6.07, 6.45) is 1.51. The first-order valence-corrected chi connectivity index (χ1v) is 3.26. The van der Waals surface area contributed by atoms with Crippen LogP contribution in [0.25, 0.3) is 0 Å². The fraction of sp³-hybridized carbons (Fsp3) is 0.714. The third kappa shape index (κ3) is 27.3. The van der Waals surface area contributed by atoms with Gasteiger partial charge in [0, 0.05) is 13.3 Å². The number of carbonyl (C=O) groups excluding carboxylic acids is 2. The molecule has 0 heterocycles. The highest BCUT2D eigenvalue weighted by Gasteiger charge is 1.81. The summed E-state index contributed by atoms with van der Waals surface area (Å²) < 4.78 is 4.40. The van der Waals surface area contributed by atoms with Crippen LogP contribution in [-0.4, -0.2) is 18.9 Å². The lowest BCUT2D eigenvalue weighted by Crippen LogP contribution is -1.95. The molecule has 0 radical (unpaired) electrons. The summed E-state index contributed by atoms with van der Waals surface area (Å²) in [5.41, 5.74) is 0. The summed E-state index contributed by atoms with van der Waals surface area (Å²) in [7, 11) is 0. The lowest BCUT2D eigenvalue weighted by Gasteiger charge is -1.89. The SMILES string of the molecule is CCC=O.CCOC(C)=O. The molecule has 0 bridgehead atoms. The molecule has 60 valence electrons. The standard InChI is InChI=1S/C4H8O2.C3H6O/c1-3-6-4(2)5;1-2-3-4/h3H2,1-2H3;3H,2H2,1H3. The van der Waals surface area contributed by atoms with Crippen molar-refractivity contribution in [3.8, 4) is 0 Å². The molecule has 10 heavy (non-hydrogen) atoms. The smallest absolute Gasteiger partial charge is 0.302 e. The fourth-order valence-corrected chi connectivity index (χ4v) is 0.203. The number of rotatable bonds is 2. The maximum absolute atomic E-state index is 9.82. The van der Waals surface area contributed by atoms with Gasteiger partial charge in [-0.3, -0.25) is 4.79 Å². The third-order valence-corrected chi connectivity index (χ3v) is 0.514. The van der Waals surface area contributed by atoms with E-state index in [9.17, 15) is 9.59 Å². The Morgan fingerprint density at radius 2 is 1.90 bits per heavy atom. The molecule has 0 N–H and O–H groups in total. The average molecular weight is 146 g/mol. The van der Waals surface area contributed by atoms with Gasteiger partial charge in [-0.15, -0.1) is 0 Å². The van der Waals surface area contributed by atoms with E-state index in [-0.39, 0.29) is 5.97 Å². The first kappa shape index (κ1) is 11.9. The van der Waals surface area contributed by atoms with Crippen LogP contribution in [0.2, 0.25) is 0 Å². The van der Waals surface area contributed by atoms with Crippen LogP contribution in [0.1, 0.15) is 27.2 Å². The Hall–Kier alpha value is -0.860. The molecule has 0 amide bonds. The predicted molar refractivity (Wildman–Crippen MR) is 38.7 cm³/mol. The lowest BCUT2D eigenvalue weighted by atomic mass is 10.6. The van der Waals surface area contributed by atoms with Crippen LogP contribution in [-0.2, 0) is 14.3 Å². The van der Waals surface area contributed by atoms with Gasteiger partial charge >= 0.3 is 5.97 Å². The molecular weight excluding hydrogens is 132 g/mol. The third-order valence-electron chi connectivity index (χ3n) is 0.514. The fourth-order valence-electron chi connectivity index (χ4n) is 0.203. The Bertz CT molecular complexity index is 88.9. The lowest BCUT2D eigenvalue weighted by molar-refractivity contribution is -0.140. The van der Waals surface area contributed by atoms with Crippen LogP contribution in [0.4, 0.5) is 0 Å². The van der Waals surface area contributed by atoms with E-state index in [0.29, 0.717) is 13.0 Å². The van der Waals surface area contributed by atoms with Crippen molar-refractivity contribution < 1.29 is 14.3 Å². The van der Waals surface area contributed by atoms with Gasteiger partial charge in [0.1, 0.15) is 6.29 Å². The van der Waals surface area contributed by atoms with Crippen LogP contribution < -0.4 is 0 Å². The molecule has 0 atom stereocenters. The van der Waals surface area contributed by atoms with Crippen LogP contribution in [0.15, 0.2) is 0 Å². The molecule has 0 saturated heterocycles. The van der Waals surface area contributed by atoms with Gasteiger partial charge in [-0.25, -0.2) is 0 Å². The molecule has 3 nitrogen and oxygen atoms in total. The molecule has 0 rings (SSSR count). The first-order valence-electron chi connectivity index (χ1n) is 3.26. The van der Waals surface area contributed by atoms with Crippen molar-refractivity contribution in [2.24, 2.45) is 0 Å². The van der Waals surface area contributed by atoms with Crippen LogP contribution >= 0.6 is 0 Å². The highest BCUT2D eigenvalue weighted by molar-refractivity contribution is 5.65. The molecule has 0 aromatic heterocycles. The Morgan fingerprint density at radius 3 is 1.90 bits per heavy atom. The van der Waals surface area contributed by atoms with E-state index >= 15 is 0 Å². The second-order valence-corrected chi connectivity index (χ2v) is 1.50. The number of carbonyl (C=O) groups is 2. The van der Waals surface area contributed by atoms with Crippen molar-refractivity contribution in [3.05, 3.63) is 0 Å². The summed E-state index contributed by atoms with van der Waals surface area (Å²) >= 11 is 0. The number of hydrogen-bond donors (Lipinski definition) is 0. The Morgan fingerprint density at radius 1 is 1.50 bits per heavy atom. The summed E-state index contributed by atoms with van der Waals surface area (Å²) in [6, 6.07) is 0. The average Bonchev–Trinajstić information content (AvgIpc) is 1.89. The van der Waals surface area contributed by atoms with Gasteiger partial charge in [0.15, 0.2) is 0 Å². The zero-order chi connectivity index (χ0) is 8.41. The van der Waals surface area contributed by atoms with Crippen molar-refractivity contribution in [3.63, 3.8) is 0 Å². The highest BCUT2D eigenvalue weighted by atomic mass is 16.5. The summed E-state index contributed by atoms with van der Waals surface area (Å²) in [4.78, 5) is 19.0. The van der Waals surface area contributed by atoms with Crippen molar-refractivity contribution in [1.82, 2.24) is 0 Å². The van der Waals surface area contributed by atoms with Gasteiger partial charge in [0.05, 0.1) is 6.61 Å². The van der Waals surface area contributed by atoms with Gasteiger partial charge in [0.2, 0.25) is 0 Å². The Balaban J connectivity index is 0. The number of hydrogen-bond acceptors (Lipinski definition) is 3. The van der Waals surface area contributed by atoms with E-state index in [1.807, 2.05) is 6.92 Å². The van der Waals surface area contributed by atoms with Gasteiger partial charge in [-0.05, 0) is 6.92 Å².